The molecule has 1 fully saturated rings. The van der Waals surface area contributed by atoms with Gasteiger partial charge in [0.05, 0.1) is 18.9 Å². The maximum absolute atomic E-state index is 12.5. The third-order valence-electron chi connectivity index (χ3n) is 5.22. The lowest BCUT2D eigenvalue weighted by molar-refractivity contribution is -0.118. The number of nitrogens with zero attached hydrogens (tertiary/aromatic N) is 3. The minimum Gasteiger partial charge on any atom is -0.497 e. The number of benzene rings is 1. The van der Waals surface area contributed by atoms with Crippen molar-refractivity contribution in [2.75, 3.05) is 44.4 Å². The molecule has 0 saturated carbocycles. The Morgan fingerprint density at radius 3 is 2.58 bits per heavy atom. The van der Waals surface area contributed by atoms with E-state index in [2.05, 4.69) is 51.7 Å². The molecule has 1 aliphatic heterocycles. The molecule has 0 bridgehead atoms. The van der Waals surface area contributed by atoms with Gasteiger partial charge in [0, 0.05) is 13.1 Å². The van der Waals surface area contributed by atoms with E-state index in [1.165, 1.54) is 47.9 Å². The smallest absolute Gasteiger partial charge is 0.230 e. The molecule has 7 nitrogen and oxygen atoms in total. The summed E-state index contributed by atoms with van der Waals surface area (Å²) in [6.07, 6.45) is 3.70. The van der Waals surface area contributed by atoms with E-state index in [9.17, 15) is 4.79 Å². The van der Waals surface area contributed by atoms with E-state index in [0.29, 0.717) is 18.2 Å². The molecule has 1 aliphatic rings. The monoisotopic (exact) mass is 463 g/mol. The van der Waals surface area contributed by atoms with Crippen LogP contribution < -0.4 is 15.4 Å². The number of methoxy groups -OCH3 is 1. The second-order valence-electron chi connectivity index (χ2n) is 8.13. The molecule has 2 aromatic rings. The van der Waals surface area contributed by atoms with Crippen molar-refractivity contribution in [2.45, 2.75) is 43.5 Å². The third kappa shape index (κ3) is 7.66. The number of carbonyl (C=O) groups excluding carboxylic acids is 1. The van der Waals surface area contributed by atoms with E-state index < -0.39 is 0 Å². The molecule has 1 atom stereocenters. The number of anilines is 1. The third-order valence-corrected chi connectivity index (χ3v) is 7.23. The molecule has 1 aromatic carbocycles. The Labute approximate surface area is 193 Å². The average molecular weight is 464 g/mol. The van der Waals surface area contributed by atoms with Gasteiger partial charge in [0.1, 0.15) is 5.75 Å². The molecule has 2 heterocycles. The van der Waals surface area contributed by atoms with Crippen LogP contribution in [0.25, 0.3) is 0 Å². The summed E-state index contributed by atoms with van der Waals surface area (Å²) >= 11 is 2.93. The van der Waals surface area contributed by atoms with Gasteiger partial charge < -0.3 is 15.4 Å². The summed E-state index contributed by atoms with van der Waals surface area (Å²) in [4.78, 5) is 15.0. The van der Waals surface area contributed by atoms with Gasteiger partial charge in [-0.05, 0) is 49.5 Å². The van der Waals surface area contributed by atoms with E-state index in [1.807, 2.05) is 12.1 Å². The number of hydrogen-bond donors (Lipinski definition) is 2. The Morgan fingerprint density at radius 1 is 1.16 bits per heavy atom. The van der Waals surface area contributed by atoms with E-state index in [-0.39, 0.29) is 11.9 Å². The molecule has 31 heavy (non-hydrogen) atoms. The van der Waals surface area contributed by atoms with Gasteiger partial charge in [0.2, 0.25) is 11.0 Å². The average Bonchev–Trinajstić information content (AvgIpc) is 3.25. The normalized spacial score (nSPS) is 15.6. The van der Waals surface area contributed by atoms with Crippen molar-refractivity contribution in [1.29, 1.82) is 0 Å². The van der Waals surface area contributed by atoms with Gasteiger partial charge >= 0.3 is 0 Å². The summed E-state index contributed by atoms with van der Waals surface area (Å²) in [7, 11) is 1.68. The molecule has 1 saturated heterocycles. The summed E-state index contributed by atoms with van der Waals surface area (Å²) in [5, 5.41) is 15.5. The Morgan fingerprint density at radius 2 is 1.90 bits per heavy atom. The maximum atomic E-state index is 12.5. The van der Waals surface area contributed by atoms with Gasteiger partial charge in [0.15, 0.2) is 4.34 Å². The Hall–Kier alpha value is -1.84. The molecule has 170 valence electrons. The lowest BCUT2D eigenvalue weighted by Crippen LogP contribution is -2.41. The first-order valence-electron chi connectivity index (χ1n) is 10.9. The maximum Gasteiger partial charge on any atom is 0.230 e. The molecule has 1 unspecified atom stereocenters. The predicted octanol–water partition coefficient (Wildman–Crippen LogP) is 4.05. The van der Waals surface area contributed by atoms with E-state index in [4.69, 9.17) is 4.74 Å². The van der Waals surface area contributed by atoms with Gasteiger partial charge in [-0.3, -0.25) is 9.69 Å². The summed E-state index contributed by atoms with van der Waals surface area (Å²) in [6.45, 7) is 7.90. The van der Waals surface area contributed by atoms with Crippen LogP contribution in [0.15, 0.2) is 28.6 Å². The standard InChI is InChI=1S/C22H33N5O2S2/c1-16(2)13-24-21-25-26-22(31-21)30-15-20(28)23-14-19(27-11-5-4-6-12-27)17-7-9-18(29-3)10-8-17/h7-10,16,19H,4-6,11-15H2,1-3H3,(H,23,28)(H,24,25). The van der Waals surface area contributed by atoms with Crippen LogP contribution in [0, 0.1) is 5.92 Å². The van der Waals surface area contributed by atoms with Crippen molar-refractivity contribution < 1.29 is 9.53 Å². The van der Waals surface area contributed by atoms with Gasteiger partial charge in [-0.1, -0.05) is 55.5 Å². The highest BCUT2D eigenvalue weighted by molar-refractivity contribution is 8.01. The van der Waals surface area contributed by atoms with Crippen molar-refractivity contribution in [2.24, 2.45) is 5.92 Å². The van der Waals surface area contributed by atoms with Crippen LogP contribution >= 0.6 is 23.1 Å². The highest BCUT2D eigenvalue weighted by Crippen LogP contribution is 2.27. The molecular formula is C22H33N5O2S2. The second kappa shape index (κ2) is 12.3. The molecule has 3 rings (SSSR count). The SMILES string of the molecule is COc1ccc(C(CNC(=O)CSc2nnc(NCC(C)C)s2)N2CCCCC2)cc1. The molecule has 0 radical (unpaired) electrons. The van der Waals surface area contributed by atoms with E-state index in [1.54, 1.807) is 7.11 Å². The molecular weight excluding hydrogens is 430 g/mol. The van der Waals surface area contributed by atoms with Crippen molar-refractivity contribution in [3.63, 3.8) is 0 Å². The van der Waals surface area contributed by atoms with Crippen LogP contribution in [0.3, 0.4) is 0 Å². The quantitative estimate of drug-likeness (QED) is 0.487. The summed E-state index contributed by atoms with van der Waals surface area (Å²) in [6, 6.07) is 8.36. The van der Waals surface area contributed by atoms with Crippen LogP contribution in [-0.4, -0.2) is 60.0 Å². The second-order valence-corrected chi connectivity index (χ2v) is 10.3. The van der Waals surface area contributed by atoms with Crippen LogP contribution in [-0.2, 0) is 4.79 Å². The minimum atomic E-state index is 0.0208. The first-order valence-corrected chi connectivity index (χ1v) is 12.7. The molecule has 0 spiro atoms. The van der Waals surface area contributed by atoms with Gasteiger partial charge in [-0.15, -0.1) is 10.2 Å². The number of thioether (sulfide) groups is 1. The minimum absolute atomic E-state index is 0.0208. The topological polar surface area (TPSA) is 79.4 Å². The predicted molar refractivity (Wildman–Crippen MR) is 128 cm³/mol. The van der Waals surface area contributed by atoms with Crippen LogP contribution in [0.2, 0.25) is 0 Å². The number of ether oxygens (including phenoxy) is 1. The number of rotatable bonds is 11. The molecule has 9 heteroatoms. The van der Waals surface area contributed by atoms with Gasteiger partial charge in [-0.2, -0.15) is 0 Å². The fourth-order valence-electron chi connectivity index (χ4n) is 3.53. The van der Waals surface area contributed by atoms with E-state index in [0.717, 1.165) is 34.9 Å². The highest BCUT2D eigenvalue weighted by atomic mass is 32.2. The number of likely N-dealkylation sites (tertiary alicyclic amines) is 1. The Balaban J connectivity index is 1.52. The zero-order valence-corrected chi connectivity index (χ0v) is 20.2. The zero-order chi connectivity index (χ0) is 22.1. The molecule has 1 aromatic heterocycles. The summed E-state index contributed by atoms with van der Waals surface area (Å²) < 4.78 is 6.10. The Bertz CT molecular complexity index is 806. The van der Waals surface area contributed by atoms with Crippen molar-refractivity contribution in [3.8, 4) is 5.75 Å². The lowest BCUT2D eigenvalue weighted by atomic mass is 10.0. The highest BCUT2D eigenvalue weighted by Gasteiger charge is 2.23. The van der Waals surface area contributed by atoms with Crippen molar-refractivity contribution >= 4 is 34.1 Å². The molecule has 2 N–H and O–H groups in total. The van der Waals surface area contributed by atoms with Gasteiger partial charge in [-0.25, -0.2) is 0 Å². The summed E-state index contributed by atoms with van der Waals surface area (Å²) in [5.41, 5.74) is 1.21. The van der Waals surface area contributed by atoms with Crippen molar-refractivity contribution in [1.82, 2.24) is 20.4 Å². The van der Waals surface area contributed by atoms with Crippen molar-refractivity contribution in [3.05, 3.63) is 29.8 Å². The largest absolute Gasteiger partial charge is 0.497 e. The molecule has 0 aliphatic carbocycles. The molecule has 1 amide bonds. The summed E-state index contributed by atoms with van der Waals surface area (Å²) in [5.74, 6) is 1.76. The van der Waals surface area contributed by atoms with E-state index >= 15 is 0 Å². The lowest BCUT2D eigenvalue weighted by Gasteiger charge is -2.35. The first-order chi connectivity index (χ1) is 15.0. The number of piperidine rings is 1. The van der Waals surface area contributed by atoms with Crippen LogP contribution in [0.5, 0.6) is 5.75 Å². The number of amides is 1. The number of nitrogens with one attached hydrogen (secondary N) is 2. The van der Waals surface area contributed by atoms with Crippen LogP contribution in [0.1, 0.15) is 44.7 Å². The first kappa shape index (κ1) is 23.8. The fourth-order valence-corrected chi connectivity index (χ4v) is 5.12. The number of carbonyl (C=O) groups is 1. The van der Waals surface area contributed by atoms with Gasteiger partial charge in [0.25, 0.3) is 0 Å². The number of aromatic nitrogens is 2. The van der Waals surface area contributed by atoms with Crippen LogP contribution in [0.4, 0.5) is 5.13 Å². The Kier molecular flexibility index (Phi) is 9.42. The fraction of sp³-hybridized carbons (Fsp3) is 0.591. The zero-order valence-electron chi connectivity index (χ0n) is 18.6. The number of hydrogen-bond acceptors (Lipinski definition) is 8.